The second-order valence-electron chi connectivity index (χ2n) is 8.55. The van der Waals surface area contributed by atoms with Crippen LogP contribution >= 0.6 is 0 Å². The Morgan fingerprint density at radius 3 is 2.72 bits per heavy atom. The Morgan fingerprint density at radius 1 is 1.25 bits per heavy atom. The van der Waals surface area contributed by atoms with E-state index in [0.717, 1.165) is 37.2 Å². The van der Waals surface area contributed by atoms with Gasteiger partial charge in [0.25, 0.3) is 0 Å². The maximum atomic E-state index is 12.1. The number of pyridine rings is 1. The first-order valence-corrected chi connectivity index (χ1v) is 11.3. The van der Waals surface area contributed by atoms with Crippen LogP contribution in [0.1, 0.15) is 59.4 Å². The van der Waals surface area contributed by atoms with Gasteiger partial charge in [-0.05, 0) is 51.8 Å². The summed E-state index contributed by atoms with van der Waals surface area (Å²) in [7, 11) is 0. The molecule has 0 spiro atoms. The first-order chi connectivity index (χ1) is 15.3. The van der Waals surface area contributed by atoms with Crippen molar-refractivity contribution in [3.05, 3.63) is 42.6 Å². The number of aliphatic imine (C=N–C) groups is 1. The van der Waals surface area contributed by atoms with E-state index in [-0.39, 0.29) is 6.04 Å². The highest BCUT2D eigenvalue weighted by atomic mass is 16.6. The number of ether oxygens (including phenoxy) is 1. The number of hydrogen-bond donors (Lipinski definition) is 3. The number of hydrogen-bond acceptors (Lipinski definition) is 5. The largest absolute Gasteiger partial charge is 0.444 e. The van der Waals surface area contributed by atoms with E-state index in [2.05, 4.69) is 32.8 Å². The quantitative estimate of drug-likeness (QED) is 0.384. The lowest BCUT2D eigenvalue weighted by Crippen LogP contribution is -2.49. The minimum Gasteiger partial charge on any atom is -0.444 e. The molecule has 0 aliphatic heterocycles. The minimum absolute atomic E-state index is 0.0409. The summed E-state index contributed by atoms with van der Waals surface area (Å²) in [5.74, 6) is 1.51. The van der Waals surface area contributed by atoms with Crippen LogP contribution in [0.25, 0.3) is 5.82 Å². The van der Waals surface area contributed by atoms with Crippen LogP contribution in [-0.4, -0.2) is 51.3 Å². The minimum atomic E-state index is -0.521. The third-order valence-electron chi connectivity index (χ3n) is 4.48. The number of alkyl carbamates (subject to hydrolysis) is 1. The molecule has 0 aliphatic carbocycles. The second-order valence-corrected chi connectivity index (χ2v) is 8.55. The Morgan fingerprint density at radius 2 is 2.06 bits per heavy atom. The smallest absolute Gasteiger partial charge is 0.407 e. The average molecular weight is 444 g/mol. The molecule has 9 heteroatoms. The van der Waals surface area contributed by atoms with Crippen molar-refractivity contribution >= 4 is 12.1 Å². The van der Waals surface area contributed by atoms with E-state index >= 15 is 0 Å². The number of carbonyl (C=O) groups excluding carboxylic acids is 1. The Bertz CT molecular complexity index is 844. The van der Waals surface area contributed by atoms with Crippen LogP contribution in [0.2, 0.25) is 0 Å². The zero-order chi connectivity index (χ0) is 23.4. The highest BCUT2D eigenvalue weighted by Crippen LogP contribution is 2.09. The standard InChI is InChI=1S/C23H37N7O2/c1-6-8-9-19(16-28-22(31)32-23(3,4)5)29-21(25-7-2)27-15-18-10-11-26-20(14-18)30-13-12-24-17-30/h10-14,17,19H,6-9,15-16H2,1-5H3,(H,28,31)(H2,25,27,29). The van der Waals surface area contributed by atoms with Crippen LogP contribution in [-0.2, 0) is 11.3 Å². The molecule has 2 heterocycles. The lowest BCUT2D eigenvalue weighted by atomic mass is 10.1. The molecule has 2 aromatic rings. The molecule has 0 fully saturated rings. The fourth-order valence-electron chi connectivity index (χ4n) is 2.97. The van der Waals surface area contributed by atoms with Crippen molar-refractivity contribution in [1.29, 1.82) is 0 Å². The van der Waals surface area contributed by atoms with Crippen molar-refractivity contribution in [1.82, 2.24) is 30.5 Å². The van der Waals surface area contributed by atoms with Gasteiger partial charge in [-0.15, -0.1) is 0 Å². The molecule has 0 saturated carbocycles. The Hall–Kier alpha value is -3.10. The molecular formula is C23H37N7O2. The number of guanidine groups is 1. The third kappa shape index (κ3) is 9.36. The van der Waals surface area contributed by atoms with Gasteiger partial charge in [0.1, 0.15) is 17.7 Å². The van der Waals surface area contributed by atoms with E-state index in [4.69, 9.17) is 9.73 Å². The first kappa shape index (κ1) is 25.2. The molecule has 0 bridgehead atoms. The molecule has 176 valence electrons. The van der Waals surface area contributed by atoms with Crippen molar-refractivity contribution in [3.63, 3.8) is 0 Å². The second kappa shape index (κ2) is 12.7. The highest BCUT2D eigenvalue weighted by molar-refractivity contribution is 5.80. The molecule has 9 nitrogen and oxygen atoms in total. The molecule has 32 heavy (non-hydrogen) atoms. The molecule has 1 atom stereocenters. The van der Waals surface area contributed by atoms with E-state index in [1.54, 1.807) is 18.7 Å². The summed E-state index contributed by atoms with van der Waals surface area (Å²) in [5, 5.41) is 9.62. The van der Waals surface area contributed by atoms with Gasteiger partial charge in [0, 0.05) is 37.7 Å². The topological polar surface area (TPSA) is 105 Å². The van der Waals surface area contributed by atoms with Crippen molar-refractivity contribution in [2.75, 3.05) is 13.1 Å². The fraction of sp³-hybridized carbons (Fsp3) is 0.565. The van der Waals surface area contributed by atoms with Gasteiger partial charge in [-0.2, -0.15) is 0 Å². The van der Waals surface area contributed by atoms with Gasteiger partial charge in [-0.1, -0.05) is 19.8 Å². The van der Waals surface area contributed by atoms with Gasteiger partial charge >= 0.3 is 6.09 Å². The van der Waals surface area contributed by atoms with Gasteiger partial charge in [0.2, 0.25) is 0 Å². The van der Waals surface area contributed by atoms with Gasteiger partial charge in [0.05, 0.1) is 6.54 Å². The molecule has 0 radical (unpaired) electrons. The van der Waals surface area contributed by atoms with Gasteiger partial charge < -0.3 is 20.7 Å². The van der Waals surface area contributed by atoms with Crippen LogP contribution in [0.4, 0.5) is 4.79 Å². The Balaban J connectivity index is 2.03. The number of nitrogens with zero attached hydrogens (tertiary/aromatic N) is 4. The summed E-state index contributed by atoms with van der Waals surface area (Å²) >= 11 is 0. The van der Waals surface area contributed by atoms with Crippen molar-refractivity contribution in [2.24, 2.45) is 4.99 Å². The lowest BCUT2D eigenvalue weighted by Gasteiger charge is -2.24. The zero-order valence-electron chi connectivity index (χ0n) is 19.9. The number of carbonyl (C=O) groups is 1. The Labute approximate surface area is 191 Å². The molecule has 1 unspecified atom stereocenters. The van der Waals surface area contributed by atoms with Crippen molar-refractivity contribution in [2.45, 2.75) is 72.1 Å². The molecule has 2 aromatic heterocycles. The lowest BCUT2D eigenvalue weighted by molar-refractivity contribution is 0.0522. The SMILES string of the molecule is CCCCC(CNC(=O)OC(C)(C)C)NC(=NCc1ccnc(-n2ccnc2)c1)NCC. The summed E-state index contributed by atoms with van der Waals surface area (Å²) in [5.41, 5.74) is 0.519. The maximum absolute atomic E-state index is 12.1. The number of unbranched alkanes of at least 4 members (excludes halogenated alkanes) is 1. The predicted octanol–water partition coefficient (Wildman–Crippen LogP) is 3.41. The first-order valence-electron chi connectivity index (χ1n) is 11.3. The molecule has 2 rings (SSSR count). The van der Waals surface area contributed by atoms with Gasteiger partial charge in [-0.25, -0.2) is 19.8 Å². The van der Waals surface area contributed by atoms with Crippen molar-refractivity contribution < 1.29 is 9.53 Å². The molecule has 0 saturated heterocycles. The Kier molecular flexibility index (Phi) is 9.97. The number of amides is 1. The van der Waals surface area contributed by atoms with Crippen LogP contribution < -0.4 is 16.0 Å². The van der Waals surface area contributed by atoms with E-state index in [1.807, 2.05) is 50.6 Å². The molecule has 3 N–H and O–H groups in total. The normalized spacial score (nSPS) is 12.8. The monoisotopic (exact) mass is 443 g/mol. The summed E-state index contributed by atoms with van der Waals surface area (Å²) in [6.07, 6.45) is 9.70. The molecular weight excluding hydrogens is 406 g/mol. The molecule has 1 amide bonds. The molecule has 0 aliphatic rings. The van der Waals surface area contributed by atoms with Crippen LogP contribution in [0.5, 0.6) is 0 Å². The number of nitrogens with one attached hydrogen (secondary N) is 3. The average Bonchev–Trinajstić information content (AvgIpc) is 3.28. The van der Waals surface area contributed by atoms with Crippen LogP contribution in [0.15, 0.2) is 42.0 Å². The predicted molar refractivity (Wildman–Crippen MR) is 127 cm³/mol. The van der Waals surface area contributed by atoms with E-state index in [1.165, 1.54) is 0 Å². The van der Waals surface area contributed by atoms with Crippen LogP contribution in [0.3, 0.4) is 0 Å². The molecule has 0 aromatic carbocycles. The number of imidazole rings is 1. The summed E-state index contributed by atoms with van der Waals surface area (Å²) in [4.78, 5) is 25.3. The summed E-state index contributed by atoms with van der Waals surface area (Å²) in [6, 6.07) is 3.98. The third-order valence-corrected chi connectivity index (χ3v) is 4.48. The zero-order valence-corrected chi connectivity index (χ0v) is 19.9. The highest BCUT2D eigenvalue weighted by Gasteiger charge is 2.18. The summed E-state index contributed by atoms with van der Waals surface area (Å²) in [6.45, 7) is 11.4. The van der Waals surface area contributed by atoms with Gasteiger partial charge in [0.15, 0.2) is 5.96 Å². The summed E-state index contributed by atoms with van der Waals surface area (Å²) < 4.78 is 7.22. The fourth-order valence-corrected chi connectivity index (χ4v) is 2.97. The van der Waals surface area contributed by atoms with Crippen LogP contribution in [0, 0.1) is 0 Å². The maximum Gasteiger partial charge on any atom is 0.407 e. The van der Waals surface area contributed by atoms with Crippen molar-refractivity contribution in [3.8, 4) is 5.82 Å². The van der Waals surface area contributed by atoms with E-state index in [9.17, 15) is 4.79 Å². The van der Waals surface area contributed by atoms with E-state index < -0.39 is 11.7 Å². The van der Waals surface area contributed by atoms with E-state index in [0.29, 0.717) is 19.0 Å². The number of rotatable bonds is 10. The number of aromatic nitrogens is 3. The van der Waals surface area contributed by atoms with Gasteiger partial charge in [-0.3, -0.25) is 4.57 Å².